The SMILES string of the molecule is CC(C)(C)OC(=O)N[C@@H]1CCCC/C=C/C1N. The van der Waals surface area contributed by atoms with Gasteiger partial charge >= 0.3 is 6.09 Å². The van der Waals surface area contributed by atoms with Crippen LogP contribution in [-0.2, 0) is 4.74 Å². The Balaban J connectivity index is 2.50. The van der Waals surface area contributed by atoms with Crippen molar-refractivity contribution in [2.24, 2.45) is 5.73 Å². The standard InChI is InChI=1S/C13H24N2O2/c1-13(2,3)17-12(16)15-11-9-7-5-4-6-8-10(11)14/h6,8,10-11H,4-5,7,9,14H2,1-3H3,(H,15,16)/b8-6+/t10?,11-/m1/s1. The highest BCUT2D eigenvalue weighted by atomic mass is 16.6. The summed E-state index contributed by atoms with van der Waals surface area (Å²) in [6, 6.07) is -0.149. The lowest BCUT2D eigenvalue weighted by atomic mass is 9.98. The van der Waals surface area contributed by atoms with Crippen molar-refractivity contribution in [1.29, 1.82) is 0 Å². The van der Waals surface area contributed by atoms with Gasteiger partial charge in [-0.15, -0.1) is 0 Å². The van der Waals surface area contributed by atoms with Crippen molar-refractivity contribution in [2.45, 2.75) is 64.1 Å². The van der Waals surface area contributed by atoms with E-state index in [4.69, 9.17) is 10.5 Å². The molecule has 1 aliphatic carbocycles. The van der Waals surface area contributed by atoms with Crippen molar-refractivity contribution in [3.63, 3.8) is 0 Å². The zero-order chi connectivity index (χ0) is 12.9. The fraction of sp³-hybridized carbons (Fsp3) is 0.769. The van der Waals surface area contributed by atoms with Crippen molar-refractivity contribution >= 4 is 6.09 Å². The first kappa shape index (κ1) is 14.0. The van der Waals surface area contributed by atoms with E-state index in [0.29, 0.717) is 0 Å². The van der Waals surface area contributed by atoms with Gasteiger partial charge in [-0.3, -0.25) is 0 Å². The van der Waals surface area contributed by atoms with Crippen LogP contribution in [0.2, 0.25) is 0 Å². The first-order valence-electron chi connectivity index (χ1n) is 6.30. The third kappa shape index (κ3) is 5.73. The minimum Gasteiger partial charge on any atom is -0.444 e. The van der Waals surface area contributed by atoms with Gasteiger partial charge in [0, 0.05) is 6.04 Å². The fourth-order valence-corrected chi connectivity index (χ4v) is 1.83. The second-order valence-electron chi connectivity index (χ2n) is 5.54. The van der Waals surface area contributed by atoms with Gasteiger partial charge in [0.15, 0.2) is 0 Å². The average molecular weight is 240 g/mol. The van der Waals surface area contributed by atoms with Crippen LogP contribution in [0.25, 0.3) is 0 Å². The van der Waals surface area contributed by atoms with Crippen LogP contribution in [0.15, 0.2) is 12.2 Å². The average Bonchev–Trinajstić information content (AvgIpc) is 2.15. The van der Waals surface area contributed by atoms with Gasteiger partial charge < -0.3 is 15.8 Å². The predicted octanol–water partition coefficient (Wildman–Crippen LogP) is 2.34. The molecule has 0 aliphatic heterocycles. The summed E-state index contributed by atoms with van der Waals surface area (Å²) in [5.74, 6) is 0. The van der Waals surface area contributed by atoms with E-state index in [9.17, 15) is 4.79 Å². The van der Waals surface area contributed by atoms with E-state index >= 15 is 0 Å². The molecule has 0 saturated heterocycles. The molecule has 0 bridgehead atoms. The topological polar surface area (TPSA) is 64.3 Å². The van der Waals surface area contributed by atoms with Gasteiger partial charge in [-0.1, -0.05) is 18.6 Å². The lowest BCUT2D eigenvalue weighted by Crippen LogP contribution is -2.48. The van der Waals surface area contributed by atoms with Crippen molar-refractivity contribution in [3.8, 4) is 0 Å². The summed E-state index contributed by atoms with van der Waals surface area (Å²) in [7, 11) is 0. The molecule has 98 valence electrons. The highest BCUT2D eigenvalue weighted by molar-refractivity contribution is 5.68. The van der Waals surface area contributed by atoms with Crippen LogP contribution in [0.4, 0.5) is 4.79 Å². The van der Waals surface area contributed by atoms with E-state index in [0.717, 1.165) is 25.7 Å². The molecule has 0 heterocycles. The molecule has 1 unspecified atom stereocenters. The maximum absolute atomic E-state index is 11.7. The Labute approximate surface area is 104 Å². The van der Waals surface area contributed by atoms with E-state index in [-0.39, 0.29) is 18.2 Å². The van der Waals surface area contributed by atoms with Crippen molar-refractivity contribution in [1.82, 2.24) is 5.32 Å². The second-order valence-corrected chi connectivity index (χ2v) is 5.54. The Kier molecular flexibility index (Phi) is 5.00. The van der Waals surface area contributed by atoms with Gasteiger partial charge in [0.2, 0.25) is 0 Å². The number of carbonyl (C=O) groups excluding carboxylic acids is 1. The number of hydrogen-bond acceptors (Lipinski definition) is 3. The second kappa shape index (κ2) is 6.05. The van der Waals surface area contributed by atoms with E-state index in [1.54, 1.807) is 0 Å². The van der Waals surface area contributed by atoms with Crippen LogP contribution in [0.5, 0.6) is 0 Å². The molecule has 17 heavy (non-hydrogen) atoms. The fourth-order valence-electron chi connectivity index (χ4n) is 1.83. The minimum atomic E-state index is -0.467. The van der Waals surface area contributed by atoms with Crippen LogP contribution >= 0.6 is 0 Å². The summed E-state index contributed by atoms with van der Waals surface area (Å²) >= 11 is 0. The van der Waals surface area contributed by atoms with Gasteiger partial charge in [0.05, 0.1) is 6.04 Å². The van der Waals surface area contributed by atoms with Crippen LogP contribution in [0.1, 0.15) is 46.5 Å². The molecule has 0 aromatic carbocycles. The number of nitrogens with one attached hydrogen (secondary N) is 1. The Hall–Kier alpha value is -1.03. The Morgan fingerprint density at radius 1 is 1.41 bits per heavy atom. The number of ether oxygens (including phenoxy) is 1. The first-order valence-corrected chi connectivity index (χ1v) is 6.30. The van der Waals surface area contributed by atoms with Crippen LogP contribution in [-0.4, -0.2) is 23.8 Å². The summed E-state index contributed by atoms with van der Waals surface area (Å²) in [6.07, 6.45) is 7.90. The van der Waals surface area contributed by atoms with E-state index in [1.165, 1.54) is 0 Å². The first-order chi connectivity index (χ1) is 7.88. The van der Waals surface area contributed by atoms with E-state index < -0.39 is 5.60 Å². The number of hydrogen-bond donors (Lipinski definition) is 2. The molecule has 0 aromatic rings. The van der Waals surface area contributed by atoms with Crippen LogP contribution in [0.3, 0.4) is 0 Å². The number of allylic oxidation sites excluding steroid dienone is 1. The Morgan fingerprint density at radius 3 is 2.76 bits per heavy atom. The van der Waals surface area contributed by atoms with Gasteiger partial charge in [-0.2, -0.15) is 0 Å². The number of carbonyl (C=O) groups is 1. The van der Waals surface area contributed by atoms with E-state index in [2.05, 4.69) is 11.4 Å². The zero-order valence-electron chi connectivity index (χ0n) is 11.0. The molecule has 0 aromatic heterocycles. The molecular weight excluding hydrogens is 216 g/mol. The van der Waals surface area contributed by atoms with Crippen molar-refractivity contribution < 1.29 is 9.53 Å². The molecule has 0 saturated carbocycles. The molecule has 4 nitrogen and oxygen atoms in total. The highest BCUT2D eigenvalue weighted by Crippen LogP contribution is 2.13. The van der Waals surface area contributed by atoms with Crippen LogP contribution in [0, 0.1) is 0 Å². The molecule has 2 atom stereocenters. The largest absolute Gasteiger partial charge is 0.444 e. The monoisotopic (exact) mass is 240 g/mol. The third-order valence-corrected chi connectivity index (χ3v) is 2.66. The number of alkyl carbamates (subject to hydrolysis) is 1. The molecule has 0 spiro atoms. The maximum Gasteiger partial charge on any atom is 0.407 e. The third-order valence-electron chi connectivity index (χ3n) is 2.66. The summed E-state index contributed by atoms with van der Waals surface area (Å²) in [5.41, 5.74) is 5.54. The van der Waals surface area contributed by atoms with Gasteiger partial charge in [0.25, 0.3) is 0 Å². The summed E-state index contributed by atoms with van der Waals surface area (Å²) in [5, 5.41) is 2.86. The van der Waals surface area contributed by atoms with Gasteiger partial charge in [0.1, 0.15) is 5.60 Å². The number of nitrogens with two attached hydrogens (primary N) is 1. The molecule has 1 rings (SSSR count). The maximum atomic E-state index is 11.7. The highest BCUT2D eigenvalue weighted by Gasteiger charge is 2.22. The summed E-state index contributed by atoms with van der Waals surface area (Å²) in [6.45, 7) is 5.56. The van der Waals surface area contributed by atoms with Gasteiger partial charge in [-0.25, -0.2) is 4.79 Å². The lowest BCUT2D eigenvalue weighted by molar-refractivity contribution is 0.0497. The molecule has 1 aliphatic rings. The minimum absolute atomic E-state index is 0.0265. The quantitative estimate of drug-likeness (QED) is 0.691. The Bertz CT molecular complexity index is 282. The Morgan fingerprint density at radius 2 is 2.12 bits per heavy atom. The van der Waals surface area contributed by atoms with Crippen molar-refractivity contribution in [3.05, 3.63) is 12.2 Å². The molecule has 4 heteroatoms. The van der Waals surface area contributed by atoms with Crippen LogP contribution < -0.4 is 11.1 Å². The predicted molar refractivity (Wildman–Crippen MR) is 68.7 cm³/mol. The molecule has 3 N–H and O–H groups in total. The smallest absolute Gasteiger partial charge is 0.407 e. The summed E-state index contributed by atoms with van der Waals surface area (Å²) in [4.78, 5) is 11.7. The normalized spacial score (nSPS) is 27.8. The number of amides is 1. The molecule has 0 fully saturated rings. The summed E-state index contributed by atoms with van der Waals surface area (Å²) < 4.78 is 5.23. The zero-order valence-corrected chi connectivity index (χ0v) is 11.0. The molecule has 1 amide bonds. The molecular formula is C13H24N2O2. The van der Waals surface area contributed by atoms with E-state index in [1.807, 2.05) is 26.8 Å². The lowest BCUT2D eigenvalue weighted by Gasteiger charge is -2.26. The number of rotatable bonds is 1. The molecule has 0 radical (unpaired) electrons. The van der Waals surface area contributed by atoms with Crippen molar-refractivity contribution in [2.75, 3.05) is 0 Å². The van der Waals surface area contributed by atoms with Gasteiger partial charge in [-0.05, 0) is 40.0 Å².